The van der Waals surface area contributed by atoms with Crippen molar-refractivity contribution >= 4 is 55.0 Å². The van der Waals surface area contributed by atoms with Gasteiger partial charge in [0.15, 0.2) is 0 Å². The maximum atomic E-state index is 11.0. The summed E-state index contributed by atoms with van der Waals surface area (Å²) in [4.78, 5) is 15.9. The molecule has 98 valence electrons. The van der Waals surface area contributed by atoms with E-state index in [1.807, 2.05) is 30.3 Å². The second-order valence-electron chi connectivity index (χ2n) is 3.90. The summed E-state index contributed by atoms with van der Waals surface area (Å²) in [5, 5.41) is 9.47. The number of carboxylic acids is 1. The SMILES string of the molecule is Cc1nc(Oc2ccccc2)sc1C(C)C(=O)O.[Ca+2].[H-].[H-]. The van der Waals surface area contributed by atoms with Crippen molar-refractivity contribution in [1.82, 2.24) is 4.98 Å². The fraction of sp³-hybridized carbons (Fsp3) is 0.231. The van der Waals surface area contributed by atoms with E-state index in [-0.39, 0.29) is 40.6 Å². The largest absolute Gasteiger partial charge is 2.00 e. The number of carbonyl (C=O) groups is 1. The molecule has 2 aromatic rings. The van der Waals surface area contributed by atoms with Gasteiger partial charge >= 0.3 is 43.7 Å². The van der Waals surface area contributed by atoms with Crippen molar-refractivity contribution in [1.29, 1.82) is 0 Å². The third-order valence-corrected chi connectivity index (χ3v) is 3.74. The van der Waals surface area contributed by atoms with Crippen LogP contribution in [-0.4, -0.2) is 53.8 Å². The van der Waals surface area contributed by atoms with Crippen molar-refractivity contribution in [2.45, 2.75) is 19.8 Å². The molecule has 0 aliphatic rings. The predicted molar refractivity (Wildman–Crippen MR) is 77.4 cm³/mol. The fourth-order valence-corrected chi connectivity index (χ4v) is 2.51. The number of ether oxygens (including phenoxy) is 1. The Labute approximate surface area is 148 Å². The molecule has 4 nitrogen and oxygen atoms in total. The maximum Gasteiger partial charge on any atom is 2.00 e. The van der Waals surface area contributed by atoms with Crippen molar-refractivity contribution in [2.24, 2.45) is 0 Å². The Balaban J connectivity index is 0. The van der Waals surface area contributed by atoms with Gasteiger partial charge in [-0.3, -0.25) is 4.79 Å². The molecule has 0 aliphatic carbocycles. The molecule has 0 amide bonds. The summed E-state index contributed by atoms with van der Waals surface area (Å²) in [7, 11) is 0. The minimum absolute atomic E-state index is 0. The van der Waals surface area contributed by atoms with E-state index in [0.717, 1.165) is 4.88 Å². The summed E-state index contributed by atoms with van der Waals surface area (Å²) < 4.78 is 5.58. The van der Waals surface area contributed by atoms with Crippen LogP contribution in [0.3, 0.4) is 0 Å². The number of aromatic nitrogens is 1. The van der Waals surface area contributed by atoms with Crippen LogP contribution in [0.1, 0.15) is 26.3 Å². The summed E-state index contributed by atoms with van der Waals surface area (Å²) in [6, 6.07) is 9.30. The Morgan fingerprint density at radius 1 is 1.42 bits per heavy atom. The molecule has 19 heavy (non-hydrogen) atoms. The fourth-order valence-electron chi connectivity index (χ4n) is 1.53. The Morgan fingerprint density at radius 2 is 2.05 bits per heavy atom. The van der Waals surface area contributed by atoms with Crippen LogP contribution < -0.4 is 4.74 Å². The van der Waals surface area contributed by atoms with Crippen LogP contribution in [0.2, 0.25) is 0 Å². The minimum atomic E-state index is -0.854. The number of thiazole rings is 1. The molecule has 1 atom stereocenters. The molecule has 2 rings (SSSR count). The van der Waals surface area contributed by atoms with Crippen molar-refractivity contribution in [3.05, 3.63) is 40.9 Å². The molecule has 0 saturated carbocycles. The average Bonchev–Trinajstić information content (AvgIpc) is 2.70. The van der Waals surface area contributed by atoms with Crippen LogP contribution in [0.5, 0.6) is 10.9 Å². The first-order valence-corrected chi connectivity index (χ1v) is 6.32. The predicted octanol–water partition coefficient (Wildman–Crippen LogP) is 3.28. The van der Waals surface area contributed by atoms with Crippen LogP contribution in [0, 0.1) is 6.92 Å². The van der Waals surface area contributed by atoms with Gasteiger partial charge in [-0.2, -0.15) is 0 Å². The zero-order valence-corrected chi connectivity index (χ0v) is 13.8. The van der Waals surface area contributed by atoms with E-state index in [0.29, 0.717) is 16.6 Å². The Kier molecular flexibility index (Phi) is 6.26. The van der Waals surface area contributed by atoms with Crippen molar-refractivity contribution in [3.63, 3.8) is 0 Å². The number of nitrogens with zero attached hydrogens (tertiary/aromatic N) is 1. The van der Waals surface area contributed by atoms with Crippen LogP contribution in [0.4, 0.5) is 0 Å². The van der Waals surface area contributed by atoms with Gasteiger partial charge in [-0.05, 0) is 26.0 Å². The third kappa shape index (κ3) is 4.17. The number of carboxylic acid groups (broad SMARTS) is 1. The van der Waals surface area contributed by atoms with Crippen molar-refractivity contribution in [3.8, 4) is 10.9 Å². The van der Waals surface area contributed by atoms with Crippen molar-refractivity contribution in [2.75, 3.05) is 0 Å². The topological polar surface area (TPSA) is 59.4 Å². The summed E-state index contributed by atoms with van der Waals surface area (Å²) in [5.74, 6) is -0.718. The van der Waals surface area contributed by atoms with Crippen LogP contribution in [-0.2, 0) is 4.79 Å². The molecule has 1 unspecified atom stereocenters. The molecule has 0 fully saturated rings. The van der Waals surface area contributed by atoms with Crippen LogP contribution in [0.25, 0.3) is 0 Å². The van der Waals surface area contributed by atoms with Gasteiger partial charge in [0, 0.05) is 4.88 Å². The average molecular weight is 305 g/mol. The van der Waals surface area contributed by atoms with Gasteiger partial charge < -0.3 is 12.7 Å². The Bertz CT molecular complexity index is 566. The molecule has 6 heteroatoms. The molecule has 0 radical (unpaired) electrons. The minimum Gasteiger partial charge on any atom is -1.00 e. The maximum absolute atomic E-state index is 11.0. The molecule has 1 aromatic carbocycles. The van der Waals surface area contributed by atoms with Crippen molar-refractivity contribution < 1.29 is 17.5 Å². The molecule has 0 bridgehead atoms. The Morgan fingerprint density at radius 3 is 2.63 bits per heavy atom. The number of hydrogen-bond acceptors (Lipinski definition) is 4. The van der Waals surface area contributed by atoms with E-state index in [4.69, 9.17) is 9.84 Å². The monoisotopic (exact) mass is 305 g/mol. The summed E-state index contributed by atoms with van der Waals surface area (Å²) in [6.07, 6.45) is 0. The van der Waals surface area contributed by atoms with E-state index in [1.54, 1.807) is 13.8 Å². The van der Waals surface area contributed by atoms with Crippen LogP contribution in [0.15, 0.2) is 30.3 Å². The molecular formula is C13H15CaNO3S. The Hall–Kier alpha value is -0.620. The number of aryl methyl sites for hydroxylation is 1. The zero-order chi connectivity index (χ0) is 13.1. The number of para-hydroxylation sites is 1. The first kappa shape index (κ1) is 16.4. The summed E-state index contributed by atoms with van der Waals surface area (Å²) >= 11 is 1.28. The van der Waals surface area contributed by atoms with E-state index in [1.165, 1.54) is 11.3 Å². The van der Waals surface area contributed by atoms with E-state index < -0.39 is 11.9 Å². The standard InChI is InChI=1S/C13H13NO3S.Ca.2H/c1-8(12(15)16)11-9(2)14-13(18-11)17-10-6-4-3-5-7-10;;;/h3-8H,1-2H3,(H,15,16);;;/q;+2;2*-1. The quantitative estimate of drug-likeness (QED) is 0.881. The third-order valence-electron chi connectivity index (χ3n) is 2.52. The summed E-state index contributed by atoms with van der Waals surface area (Å²) in [6.45, 7) is 3.44. The molecule has 1 heterocycles. The molecule has 0 aliphatic heterocycles. The van der Waals surface area contributed by atoms with Gasteiger partial charge in [0.2, 0.25) is 0 Å². The molecular weight excluding hydrogens is 290 g/mol. The molecule has 0 saturated heterocycles. The van der Waals surface area contributed by atoms with Gasteiger partial charge in [0.1, 0.15) is 5.75 Å². The van der Waals surface area contributed by atoms with Gasteiger partial charge in [-0.1, -0.05) is 29.5 Å². The summed E-state index contributed by atoms with van der Waals surface area (Å²) in [5.41, 5.74) is 0.709. The van der Waals surface area contributed by atoms with Gasteiger partial charge in [-0.25, -0.2) is 4.98 Å². The second kappa shape index (κ2) is 7.24. The second-order valence-corrected chi connectivity index (χ2v) is 4.90. The molecule has 1 aromatic heterocycles. The normalized spacial score (nSPS) is 11.5. The van der Waals surface area contributed by atoms with Gasteiger partial charge in [-0.15, -0.1) is 0 Å². The first-order chi connectivity index (χ1) is 8.58. The van der Waals surface area contributed by atoms with E-state index >= 15 is 0 Å². The first-order valence-electron chi connectivity index (χ1n) is 5.51. The molecule has 1 N–H and O–H groups in total. The molecule has 0 spiro atoms. The zero-order valence-electron chi connectivity index (χ0n) is 12.8. The number of rotatable bonds is 4. The van der Waals surface area contributed by atoms with Gasteiger partial charge in [0.25, 0.3) is 5.19 Å². The number of hydrogen-bond donors (Lipinski definition) is 1. The number of aliphatic carboxylic acids is 1. The smallest absolute Gasteiger partial charge is 1.00 e. The van der Waals surface area contributed by atoms with E-state index in [2.05, 4.69) is 4.98 Å². The van der Waals surface area contributed by atoms with E-state index in [9.17, 15) is 4.79 Å². The van der Waals surface area contributed by atoms with Gasteiger partial charge in [0.05, 0.1) is 11.6 Å². The number of benzene rings is 1. The van der Waals surface area contributed by atoms with Crippen LogP contribution >= 0.6 is 11.3 Å².